The number of allylic oxidation sites excluding steroid dienone is 2. The van der Waals surface area contributed by atoms with Gasteiger partial charge in [0.2, 0.25) is 5.91 Å². The van der Waals surface area contributed by atoms with Crippen molar-refractivity contribution in [3.05, 3.63) is 12.2 Å². The maximum absolute atomic E-state index is 11.8. The second-order valence-corrected chi connectivity index (χ2v) is 6.15. The van der Waals surface area contributed by atoms with Gasteiger partial charge in [0.1, 0.15) is 0 Å². The second kappa shape index (κ2) is 7.79. The highest BCUT2D eigenvalue weighted by atomic mass is 16.5. The largest absolute Gasteiger partial charge is 0.373 e. The zero-order valence-electron chi connectivity index (χ0n) is 12.8. The molecule has 1 amide bonds. The summed E-state index contributed by atoms with van der Waals surface area (Å²) in [5, 5.41) is 3.06. The molecule has 1 aliphatic heterocycles. The molecule has 0 saturated carbocycles. The molecule has 2 rings (SSSR count). The van der Waals surface area contributed by atoms with Crippen molar-refractivity contribution in [1.82, 2.24) is 10.2 Å². The molecular formula is C16H28N2O2. The molecule has 0 bridgehead atoms. The van der Waals surface area contributed by atoms with Crippen molar-refractivity contribution >= 4 is 5.91 Å². The fourth-order valence-electron chi connectivity index (χ4n) is 3.11. The third-order valence-corrected chi connectivity index (χ3v) is 4.07. The van der Waals surface area contributed by atoms with E-state index in [9.17, 15) is 4.79 Å². The standard InChI is InChI=1S/C16H28N2O2/c1-13-11-18(12-14(2)20-13)10-6-5-9-17-16(19)15-7-3-4-8-15/h3-4,13-15H,5-12H2,1-2H3,(H,17,19)/t13-,14-/m0/s1. The predicted octanol–water partition coefficient (Wildman–Crippen LogP) is 1.96. The Kier molecular flexibility index (Phi) is 6.05. The first-order valence-electron chi connectivity index (χ1n) is 7.95. The summed E-state index contributed by atoms with van der Waals surface area (Å²) in [5.41, 5.74) is 0. The Hall–Kier alpha value is -0.870. The Morgan fingerprint density at radius 2 is 1.85 bits per heavy atom. The van der Waals surface area contributed by atoms with Gasteiger partial charge in [0.05, 0.1) is 12.2 Å². The molecule has 114 valence electrons. The lowest BCUT2D eigenvalue weighted by Gasteiger charge is -2.35. The Bertz CT molecular complexity index is 325. The zero-order chi connectivity index (χ0) is 14.4. The summed E-state index contributed by atoms with van der Waals surface area (Å²) in [7, 11) is 0. The van der Waals surface area contributed by atoms with Crippen LogP contribution in [0, 0.1) is 5.92 Å². The molecule has 2 aliphatic rings. The van der Waals surface area contributed by atoms with Crippen molar-refractivity contribution in [3.63, 3.8) is 0 Å². The second-order valence-electron chi connectivity index (χ2n) is 6.15. The molecule has 4 nitrogen and oxygen atoms in total. The lowest BCUT2D eigenvalue weighted by molar-refractivity contribution is -0.124. The predicted molar refractivity (Wildman–Crippen MR) is 80.6 cm³/mol. The van der Waals surface area contributed by atoms with E-state index in [4.69, 9.17) is 4.74 Å². The molecule has 1 N–H and O–H groups in total. The molecule has 2 atom stereocenters. The van der Waals surface area contributed by atoms with Gasteiger partial charge >= 0.3 is 0 Å². The van der Waals surface area contributed by atoms with Gasteiger partial charge < -0.3 is 10.1 Å². The normalized spacial score (nSPS) is 27.9. The summed E-state index contributed by atoms with van der Waals surface area (Å²) in [6.07, 6.45) is 8.91. The van der Waals surface area contributed by atoms with E-state index in [1.165, 1.54) is 0 Å². The Balaban J connectivity index is 1.52. The van der Waals surface area contributed by atoms with E-state index < -0.39 is 0 Å². The van der Waals surface area contributed by atoms with Crippen molar-refractivity contribution in [1.29, 1.82) is 0 Å². The minimum absolute atomic E-state index is 0.191. The molecule has 4 heteroatoms. The van der Waals surface area contributed by atoms with Crippen LogP contribution >= 0.6 is 0 Å². The van der Waals surface area contributed by atoms with Crippen molar-refractivity contribution in [2.24, 2.45) is 5.92 Å². The first-order valence-corrected chi connectivity index (χ1v) is 7.95. The zero-order valence-corrected chi connectivity index (χ0v) is 12.8. The van der Waals surface area contributed by atoms with Gasteiger partial charge in [-0.05, 0) is 46.1 Å². The Morgan fingerprint density at radius 1 is 1.20 bits per heavy atom. The van der Waals surface area contributed by atoms with Crippen LogP contribution in [0.15, 0.2) is 12.2 Å². The van der Waals surface area contributed by atoms with Crippen LogP contribution in [-0.4, -0.2) is 49.2 Å². The summed E-state index contributed by atoms with van der Waals surface area (Å²) >= 11 is 0. The highest BCUT2D eigenvalue weighted by molar-refractivity contribution is 5.79. The molecule has 1 fully saturated rings. The Morgan fingerprint density at radius 3 is 2.50 bits per heavy atom. The fraction of sp³-hybridized carbons (Fsp3) is 0.812. The van der Waals surface area contributed by atoms with Crippen molar-refractivity contribution in [2.75, 3.05) is 26.2 Å². The molecule has 1 heterocycles. The number of ether oxygens (including phenoxy) is 1. The van der Waals surface area contributed by atoms with Gasteiger partial charge in [0.15, 0.2) is 0 Å². The summed E-state index contributed by atoms with van der Waals surface area (Å²) in [4.78, 5) is 14.3. The third-order valence-electron chi connectivity index (χ3n) is 4.07. The van der Waals surface area contributed by atoms with Crippen molar-refractivity contribution < 1.29 is 9.53 Å². The van der Waals surface area contributed by atoms with E-state index in [1.807, 2.05) is 0 Å². The van der Waals surface area contributed by atoms with Crippen LogP contribution in [-0.2, 0) is 9.53 Å². The van der Waals surface area contributed by atoms with Gasteiger partial charge in [-0.25, -0.2) is 0 Å². The molecule has 0 aromatic heterocycles. The molecule has 0 spiro atoms. The molecule has 0 radical (unpaired) electrons. The number of hydrogen-bond acceptors (Lipinski definition) is 3. The molecule has 1 aliphatic carbocycles. The van der Waals surface area contributed by atoms with Crippen LogP contribution in [0.1, 0.15) is 39.5 Å². The number of hydrogen-bond donors (Lipinski definition) is 1. The number of carbonyl (C=O) groups excluding carboxylic acids is 1. The minimum Gasteiger partial charge on any atom is -0.373 e. The average molecular weight is 280 g/mol. The molecule has 0 aromatic carbocycles. The number of rotatable bonds is 6. The van der Waals surface area contributed by atoms with E-state index in [0.29, 0.717) is 12.2 Å². The van der Waals surface area contributed by atoms with Crippen molar-refractivity contribution in [2.45, 2.75) is 51.7 Å². The first kappa shape index (κ1) is 15.5. The number of unbranched alkanes of at least 4 members (excludes halogenated alkanes) is 1. The van der Waals surface area contributed by atoms with Crippen LogP contribution in [0.3, 0.4) is 0 Å². The summed E-state index contributed by atoms with van der Waals surface area (Å²) in [6.45, 7) is 8.26. The van der Waals surface area contributed by atoms with Gasteiger partial charge in [-0.1, -0.05) is 12.2 Å². The summed E-state index contributed by atoms with van der Waals surface area (Å²) in [6, 6.07) is 0. The maximum atomic E-state index is 11.8. The average Bonchev–Trinajstić information content (AvgIpc) is 2.90. The van der Waals surface area contributed by atoms with Gasteiger partial charge in [0.25, 0.3) is 0 Å². The monoisotopic (exact) mass is 280 g/mol. The van der Waals surface area contributed by atoms with Crippen LogP contribution in [0.5, 0.6) is 0 Å². The van der Waals surface area contributed by atoms with Gasteiger partial charge in [-0.15, -0.1) is 0 Å². The number of carbonyl (C=O) groups is 1. The van der Waals surface area contributed by atoms with Crippen LogP contribution < -0.4 is 5.32 Å². The van der Waals surface area contributed by atoms with E-state index >= 15 is 0 Å². The van der Waals surface area contributed by atoms with Gasteiger partial charge in [-0.3, -0.25) is 9.69 Å². The lowest BCUT2D eigenvalue weighted by Crippen LogP contribution is -2.45. The van der Waals surface area contributed by atoms with E-state index in [0.717, 1.165) is 51.9 Å². The molecule has 20 heavy (non-hydrogen) atoms. The maximum Gasteiger partial charge on any atom is 0.223 e. The van der Waals surface area contributed by atoms with Crippen LogP contribution in [0.4, 0.5) is 0 Å². The molecule has 1 saturated heterocycles. The molecular weight excluding hydrogens is 252 g/mol. The number of amides is 1. The Labute approximate surface area is 122 Å². The summed E-state index contributed by atoms with van der Waals surface area (Å²) in [5.74, 6) is 0.416. The molecule has 0 aromatic rings. The van der Waals surface area contributed by atoms with Crippen LogP contribution in [0.25, 0.3) is 0 Å². The first-order chi connectivity index (χ1) is 9.65. The SMILES string of the molecule is C[C@H]1CN(CCCCNC(=O)C2CC=CC2)C[C@H](C)O1. The van der Waals surface area contributed by atoms with Crippen molar-refractivity contribution in [3.8, 4) is 0 Å². The number of nitrogens with one attached hydrogen (secondary N) is 1. The number of morpholine rings is 1. The number of nitrogens with zero attached hydrogens (tertiary/aromatic N) is 1. The fourth-order valence-corrected chi connectivity index (χ4v) is 3.11. The van der Waals surface area contributed by atoms with Gasteiger partial charge in [0, 0.05) is 25.6 Å². The third kappa shape index (κ3) is 4.91. The topological polar surface area (TPSA) is 41.6 Å². The van der Waals surface area contributed by atoms with Gasteiger partial charge in [-0.2, -0.15) is 0 Å². The molecule has 0 unspecified atom stereocenters. The van der Waals surface area contributed by atoms with E-state index in [2.05, 4.69) is 36.2 Å². The van der Waals surface area contributed by atoms with E-state index in [1.54, 1.807) is 0 Å². The highest BCUT2D eigenvalue weighted by Gasteiger charge is 2.21. The quantitative estimate of drug-likeness (QED) is 0.597. The van der Waals surface area contributed by atoms with Crippen LogP contribution in [0.2, 0.25) is 0 Å². The highest BCUT2D eigenvalue weighted by Crippen LogP contribution is 2.17. The summed E-state index contributed by atoms with van der Waals surface area (Å²) < 4.78 is 5.73. The van der Waals surface area contributed by atoms with E-state index in [-0.39, 0.29) is 11.8 Å². The smallest absolute Gasteiger partial charge is 0.223 e. The minimum atomic E-state index is 0.191. The lowest BCUT2D eigenvalue weighted by atomic mass is 10.1.